The third-order valence-corrected chi connectivity index (χ3v) is 4.90. The van der Waals surface area contributed by atoms with E-state index in [4.69, 9.17) is 9.47 Å². The number of amides is 1. The highest BCUT2D eigenvalue weighted by molar-refractivity contribution is 6.07. The number of carbonyl (C=O) groups excluding carboxylic acids is 2. The van der Waals surface area contributed by atoms with Gasteiger partial charge in [-0.15, -0.1) is 0 Å². The quantitative estimate of drug-likeness (QED) is 0.658. The van der Waals surface area contributed by atoms with Gasteiger partial charge in [0.1, 0.15) is 0 Å². The van der Waals surface area contributed by atoms with Crippen molar-refractivity contribution in [1.82, 2.24) is 9.78 Å². The van der Waals surface area contributed by atoms with Crippen molar-refractivity contribution in [2.24, 2.45) is 0 Å². The van der Waals surface area contributed by atoms with Gasteiger partial charge >= 0.3 is 5.97 Å². The Bertz CT molecular complexity index is 1020. The molecule has 1 N–H and O–H groups in total. The van der Waals surface area contributed by atoms with E-state index in [9.17, 15) is 9.59 Å². The summed E-state index contributed by atoms with van der Waals surface area (Å²) in [6.07, 6.45) is 2.70. The minimum atomic E-state index is -0.487. The van der Waals surface area contributed by atoms with Gasteiger partial charge in [0.2, 0.25) is 0 Å². The van der Waals surface area contributed by atoms with Crippen LogP contribution in [0.5, 0.6) is 0 Å². The van der Waals surface area contributed by atoms with Crippen LogP contribution in [0.1, 0.15) is 53.3 Å². The predicted octanol–water partition coefficient (Wildman–Crippen LogP) is 4.16. The lowest BCUT2D eigenvalue weighted by atomic mass is 10.1. The van der Waals surface area contributed by atoms with Crippen LogP contribution < -0.4 is 5.32 Å². The van der Waals surface area contributed by atoms with E-state index >= 15 is 0 Å². The number of hydrogen-bond donors (Lipinski definition) is 1. The van der Waals surface area contributed by atoms with Gasteiger partial charge in [0.25, 0.3) is 5.91 Å². The first-order chi connectivity index (χ1) is 14.2. The summed E-state index contributed by atoms with van der Waals surface area (Å²) in [7, 11) is 0. The SMILES string of the molecule is CCOC(=O)c1nn(C2CCCCO2)c2ccc(NC(=O)c3ccccc3)cc12. The molecule has 0 aliphatic carbocycles. The van der Waals surface area contributed by atoms with Crippen LogP contribution in [0.25, 0.3) is 10.9 Å². The number of fused-ring (bicyclic) bond motifs is 1. The van der Waals surface area contributed by atoms with Crippen LogP contribution in [0.3, 0.4) is 0 Å². The summed E-state index contributed by atoms with van der Waals surface area (Å²) in [6.45, 7) is 2.69. The minimum Gasteiger partial charge on any atom is -0.461 e. The Morgan fingerprint density at radius 1 is 1.21 bits per heavy atom. The van der Waals surface area contributed by atoms with Crippen molar-refractivity contribution in [2.75, 3.05) is 18.5 Å². The van der Waals surface area contributed by atoms with Crippen LogP contribution in [0.2, 0.25) is 0 Å². The molecule has 2 heterocycles. The summed E-state index contributed by atoms with van der Waals surface area (Å²) >= 11 is 0. The van der Waals surface area contributed by atoms with Gasteiger partial charge in [-0.3, -0.25) is 4.79 Å². The molecule has 150 valence electrons. The molecule has 1 fully saturated rings. The van der Waals surface area contributed by atoms with Crippen molar-refractivity contribution in [1.29, 1.82) is 0 Å². The second kappa shape index (κ2) is 8.45. The Balaban J connectivity index is 1.70. The average molecular weight is 393 g/mol. The van der Waals surface area contributed by atoms with Gasteiger partial charge < -0.3 is 14.8 Å². The van der Waals surface area contributed by atoms with E-state index in [0.29, 0.717) is 23.2 Å². The van der Waals surface area contributed by atoms with Crippen molar-refractivity contribution >= 4 is 28.5 Å². The number of nitrogens with one attached hydrogen (secondary N) is 1. The molecule has 2 aromatic carbocycles. The Kier molecular flexibility index (Phi) is 5.57. The van der Waals surface area contributed by atoms with E-state index in [1.165, 1.54) is 0 Å². The van der Waals surface area contributed by atoms with Crippen molar-refractivity contribution in [3.63, 3.8) is 0 Å². The molecule has 4 rings (SSSR count). The summed E-state index contributed by atoms with van der Waals surface area (Å²) in [5, 5.41) is 8.02. The maximum Gasteiger partial charge on any atom is 0.359 e. The Morgan fingerprint density at radius 3 is 2.76 bits per heavy atom. The van der Waals surface area contributed by atoms with Gasteiger partial charge in [0.05, 0.1) is 12.1 Å². The largest absolute Gasteiger partial charge is 0.461 e. The van der Waals surface area contributed by atoms with Gasteiger partial charge in [-0.25, -0.2) is 9.48 Å². The van der Waals surface area contributed by atoms with E-state index in [0.717, 1.165) is 24.8 Å². The number of aromatic nitrogens is 2. The standard InChI is InChI=1S/C22H23N3O4/c1-2-28-22(27)20-17-14-16(23-21(26)15-8-4-3-5-9-15)11-12-18(17)25(24-20)19-10-6-7-13-29-19/h3-5,8-9,11-12,14,19H,2,6-7,10,13H2,1H3,(H,23,26). The highest BCUT2D eigenvalue weighted by atomic mass is 16.5. The molecule has 7 nitrogen and oxygen atoms in total. The van der Waals surface area contributed by atoms with Crippen LogP contribution in [-0.2, 0) is 9.47 Å². The number of rotatable bonds is 5. The summed E-state index contributed by atoms with van der Waals surface area (Å²) in [4.78, 5) is 25.0. The third-order valence-electron chi connectivity index (χ3n) is 4.90. The Labute approximate surface area is 168 Å². The van der Waals surface area contributed by atoms with Gasteiger partial charge in [-0.2, -0.15) is 5.10 Å². The number of carbonyl (C=O) groups is 2. The molecule has 1 atom stereocenters. The van der Waals surface area contributed by atoms with Crippen molar-refractivity contribution in [2.45, 2.75) is 32.4 Å². The first-order valence-electron chi connectivity index (χ1n) is 9.84. The molecule has 0 spiro atoms. The molecule has 0 radical (unpaired) electrons. The number of esters is 1. The smallest absolute Gasteiger partial charge is 0.359 e. The number of ether oxygens (including phenoxy) is 2. The zero-order chi connectivity index (χ0) is 20.2. The van der Waals surface area contributed by atoms with Crippen LogP contribution in [-0.4, -0.2) is 34.9 Å². The van der Waals surface area contributed by atoms with Crippen molar-refractivity contribution in [3.8, 4) is 0 Å². The van der Waals surface area contributed by atoms with E-state index in [1.807, 2.05) is 24.3 Å². The lowest BCUT2D eigenvalue weighted by molar-refractivity contribution is -0.0369. The summed E-state index contributed by atoms with van der Waals surface area (Å²) in [6, 6.07) is 14.4. The normalized spacial score (nSPS) is 16.5. The molecule has 29 heavy (non-hydrogen) atoms. The van der Waals surface area contributed by atoms with Crippen LogP contribution in [0.15, 0.2) is 48.5 Å². The molecule has 1 saturated heterocycles. The average Bonchev–Trinajstić information content (AvgIpc) is 3.14. The minimum absolute atomic E-state index is 0.209. The zero-order valence-electron chi connectivity index (χ0n) is 16.3. The summed E-state index contributed by atoms with van der Waals surface area (Å²) in [5.74, 6) is -0.704. The van der Waals surface area contributed by atoms with Gasteiger partial charge in [-0.05, 0) is 56.5 Å². The molecule has 3 aromatic rings. The predicted molar refractivity (Wildman–Crippen MR) is 109 cm³/mol. The zero-order valence-corrected chi connectivity index (χ0v) is 16.3. The van der Waals surface area contributed by atoms with E-state index in [-0.39, 0.29) is 24.4 Å². The first kappa shape index (κ1) is 19.1. The van der Waals surface area contributed by atoms with Gasteiger partial charge in [0, 0.05) is 23.2 Å². The third kappa shape index (κ3) is 4.00. The fourth-order valence-corrected chi connectivity index (χ4v) is 3.50. The highest BCUT2D eigenvalue weighted by Crippen LogP contribution is 2.30. The molecule has 1 aromatic heterocycles. The number of anilines is 1. The number of nitrogens with zero attached hydrogens (tertiary/aromatic N) is 2. The molecule has 1 unspecified atom stereocenters. The fourth-order valence-electron chi connectivity index (χ4n) is 3.50. The Hall–Kier alpha value is -3.19. The van der Waals surface area contributed by atoms with Crippen molar-refractivity contribution < 1.29 is 19.1 Å². The second-order valence-corrected chi connectivity index (χ2v) is 6.89. The van der Waals surface area contributed by atoms with E-state index in [1.54, 1.807) is 35.9 Å². The molecule has 1 aliphatic rings. The summed E-state index contributed by atoms with van der Waals surface area (Å²) in [5.41, 5.74) is 2.15. The topological polar surface area (TPSA) is 82.4 Å². The number of hydrogen-bond acceptors (Lipinski definition) is 5. The summed E-state index contributed by atoms with van der Waals surface area (Å²) < 4.78 is 12.8. The van der Waals surface area contributed by atoms with Crippen molar-refractivity contribution in [3.05, 3.63) is 59.8 Å². The highest BCUT2D eigenvalue weighted by Gasteiger charge is 2.24. The molecule has 7 heteroatoms. The van der Waals surface area contributed by atoms with Crippen LogP contribution >= 0.6 is 0 Å². The first-order valence-corrected chi connectivity index (χ1v) is 9.84. The molecule has 0 bridgehead atoms. The molecule has 0 saturated carbocycles. The molecule has 1 amide bonds. The van der Waals surface area contributed by atoms with Crippen LogP contribution in [0.4, 0.5) is 5.69 Å². The maximum atomic E-state index is 12.5. The maximum absolute atomic E-state index is 12.5. The van der Waals surface area contributed by atoms with E-state index < -0.39 is 5.97 Å². The lowest BCUT2D eigenvalue weighted by Gasteiger charge is -2.23. The monoisotopic (exact) mass is 393 g/mol. The van der Waals surface area contributed by atoms with E-state index in [2.05, 4.69) is 10.4 Å². The molecular weight excluding hydrogens is 370 g/mol. The second-order valence-electron chi connectivity index (χ2n) is 6.89. The van der Waals surface area contributed by atoms with Gasteiger partial charge in [-0.1, -0.05) is 18.2 Å². The van der Waals surface area contributed by atoms with Gasteiger partial charge in [0.15, 0.2) is 11.9 Å². The Morgan fingerprint density at radius 2 is 2.03 bits per heavy atom. The fraction of sp³-hybridized carbons (Fsp3) is 0.318. The number of benzene rings is 2. The van der Waals surface area contributed by atoms with Crippen LogP contribution in [0, 0.1) is 0 Å². The molecule has 1 aliphatic heterocycles. The lowest BCUT2D eigenvalue weighted by Crippen LogP contribution is -2.19. The molecular formula is C22H23N3O4.